The number of imide groups is 1. The lowest BCUT2D eigenvalue weighted by Crippen LogP contribution is -2.67. The van der Waals surface area contributed by atoms with Crippen LogP contribution in [0.25, 0.3) is 0 Å². The smallest absolute Gasteiger partial charge is 0.342 e. The van der Waals surface area contributed by atoms with Crippen LogP contribution in [0.4, 0.5) is 0 Å². The molecule has 4 rings (SSSR count). The third kappa shape index (κ3) is 2.85. The molecule has 2 aromatic carbocycles. The molecular formula is C21H18N2O5. The van der Waals surface area contributed by atoms with Crippen LogP contribution in [0.2, 0.25) is 0 Å². The Bertz CT molecular complexity index is 972. The third-order valence-corrected chi connectivity index (χ3v) is 5.18. The van der Waals surface area contributed by atoms with Gasteiger partial charge in [-0.25, -0.2) is 4.79 Å². The van der Waals surface area contributed by atoms with E-state index < -0.39 is 29.2 Å². The number of piperidine rings is 1. The summed E-state index contributed by atoms with van der Waals surface area (Å²) in [7, 11) is 0. The lowest BCUT2D eigenvalue weighted by atomic mass is 9.86. The Hall–Kier alpha value is -3.48. The van der Waals surface area contributed by atoms with Crippen LogP contribution >= 0.6 is 0 Å². The first-order valence-electron chi connectivity index (χ1n) is 8.97. The third-order valence-electron chi connectivity index (χ3n) is 5.18. The van der Waals surface area contributed by atoms with E-state index in [1.165, 1.54) is 4.90 Å². The van der Waals surface area contributed by atoms with E-state index in [0.29, 0.717) is 5.56 Å². The zero-order valence-electron chi connectivity index (χ0n) is 15.0. The molecule has 0 saturated carbocycles. The molecule has 0 unspecified atom stereocenters. The number of benzene rings is 2. The van der Waals surface area contributed by atoms with E-state index in [1.807, 2.05) is 18.2 Å². The summed E-state index contributed by atoms with van der Waals surface area (Å²) >= 11 is 0. The maximum Gasteiger partial charge on any atom is 0.342 e. The number of hydrogen-bond acceptors (Lipinski definition) is 5. The largest absolute Gasteiger partial charge is 0.459 e. The number of nitrogens with zero attached hydrogens (tertiary/aromatic N) is 1. The number of rotatable bonds is 4. The van der Waals surface area contributed by atoms with Crippen molar-refractivity contribution in [3.05, 3.63) is 71.3 Å². The van der Waals surface area contributed by atoms with E-state index in [4.69, 9.17) is 4.74 Å². The number of carbonyl (C=O) groups excluding carboxylic acids is 4. The van der Waals surface area contributed by atoms with Gasteiger partial charge in [0.05, 0.1) is 0 Å². The first-order chi connectivity index (χ1) is 13.5. The zero-order chi connectivity index (χ0) is 19.7. The molecule has 0 aromatic heterocycles. The molecule has 0 bridgehead atoms. The van der Waals surface area contributed by atoms with Gasteiger partial charge in [-0.3, -0.25) is 19.7 Å². The van der Waals surface area contributed by atoms with Gasteiger partial charge in [-0.15, -0.1) is 0 Å². The molecule has 0 radical (unpaired) electrons. The molecule has 1 atom stereocenters. The summed E-state index contributed by atoms with van der Waals surface area (Å²) in [6.07, 6.45) is -0.155. The van der Waals surface area contributed by atoms with E-state index in [9.17, 15) is 19.2 Å². The topological polar surface area (TPSA) is 92.8 Å². The van der Waals surface area contributed by atoms with E-state index in [2.05, 4.69) is 5.32 Å². The van der Waals surface area contributed by atoms with Gasteiger partial charge in [-0.2, -0.15) is 0 Å². The molecule has 7 nitrogen and oxygen atoms in total. The summed E-state index contributed by atoms with van der Waals surface area (Å²) in [6.45, 7) is 0.0781. The summed E-state index contributed by atoms with van der Waals surface area (Å²) in [5.74, 6) is -2.54. The predicted molar refractivity (Wildman–Crippen MR) is 97.7 cm³/mol. The Morgan fingerprint density at radius 2 is 1.75 bits per heavy atom. The van der Waals surface area contributed by atoms with Crippen LogP contribution in [0.5, 0.6) is 0 Å². The zero-order valence-corrected chi connectivity index (χ0v) is 15.0. The lowest BCUT2D eigenvalue weighted by Gasteiger charge is -2.39. The van der Waals surface area contributed by atoms with Crippen LogP contribution in [0.3, 0.4) is 0 Å². The quantitative estimate of drug-likeness (QED) is 0.495. The molecule has 28 heavy (non-hydrogen) atoms. The Morgan fingerprint density at radius 1 is 1.04 bits per heavy atom. The molecule has 2 aromatic rings. The fourth-order valence-corrected chi connectivity index (χ4v) is 3.67. The summed E-state index contributed by atoms with van der Waals surface area (Å²) < 4.78 is 5.43. The predicted octanol–water partition coefficient (Wildman–Crippen LogP) is 1.56. The van der Waals surface area contributed by atoms with Crippen molar-refractivity contribution in [2.75, 3.05) is 0 Å². The highest BCUT2D eigenvalue weighted by Gasteiger charge is 2.58. The summed E-state index contributed by atoms with van der Waals surface area (Å²) in [4.78, 5) is 51.8. The van der Waals surface area contributed by atoms with Crippen LogP contribution < -0.4 is 5.32 Å². The van der Waals surface area contributed by atoms with Gasteiger partial charge in [-0.1, -0.05) is 48.5 Å². The summed E-state index contributed by atoms with van der Waals surface area (Å²) in [5.41, 5.74) is 0.0721. The first kappa shape index (κ1) is 17.9. The molecule has 2 aliphatic heterocycles. The maximum atomic E-state index is 13.1. The highest BCUT2D eigenvalue weighted by atomic mass is 16.5. The van der Waals surface area contributed by atoms with Crippen LogP contribution in [0.1, 0.15) is 34.3 Å². The van der Waals surface area contributed by atoms with Crippen molar-refractivity contribution in [2.24, 2.45) is 0 Å². The van der Waals surface area contributed by atoms with Gasteiger partial charge in [0.25, 0.3) is 11.8 Å². The molecule has 2 heterocycles. The van der Waals surface area contributed by atoms with Crippen molar-refractivity contribution in [1.82, 2.24) is 10.2 Å². The maximum absolute atomic E-state index is 13.1. The highest BCUT2D eigenvalue weighted by molar-refractivity contribution is 6.18. The molecule has 7 heteroatoms. The standard InChI is InChI=1S/C21H18N2O5/c24-17-10-11-21(19(26)22-17,20(27)28-13-14-6-2-1-3-7-14)23-12-15-8-4-5-9-16(15)18(23)25/h1-9H,10-13H2,(H,22,24,26)/t21-/m1/s1. The molecule has 1 fully saturated rings. The van der Waals surface area contributed by atoms with Crippen molar-refractivity contribution in [3.8, 4) is 0 Å². The number of esters is 1. The van der Waals surface area contributed by atoms with E-state index in [0.717, 1.165) is 11.1 Å². The molecule has 1 N–H and O–H groups in total. The van der Waals surface area contributed by atoms with Gasteiger partial charge in [-0.05, 0) is 23.6 Å². The summed E-state index contributed by atoms with van der Waals surface area (Å²) in [5, 5.41) is 2.20. The van der Waals surface area contributed by atoms with Crippen molar-refractivity contribution in [1.29, 1.82) is 0 Å². The van der Waals surface area contributed by atoms with E-state index in [-0.39, 0.29) is 26.0 Å². The number of nitrogens with one attached hydrogen (secondary N) is 1. The first-order valence-corrected chi connectivity index (χ1v) is 8.97. The second kappa shape index (κ2) is 6.92. The summed E-state index contributed by atoms with van der Waals surface area (Å²) in [6, 6.07) is 16.0. The van der Waals surface area contributed by atoms with Gasteiger partial charge in [0.2, 0.25) is 11.4 Å². The van der Waals surface area contributed by atoms with E-state index in [1.54, 1.807) is 36.4 Å². The molecule has 2 aliphatic rings. The number of hydrogen-bond donors (Lipinski definition) is 1. The number of ether oxygens (including phenoxy) is 1. The lowest BCUT2D eigenvalue weighted by molar-refractivity contribution is -0.167. The van der Waals surface area contributed by atoms with Crippen LogP contribution in [-0.2, 0) is 32.3 Å². The molecule has 0 spiro atoms. The minimum atomic E-state index is -1.86. The molecule has 3 amide bonds. The Kier molecular flexibility index (Phi) is 4.43. The Morgan fingerprint density at radius 3 is 2.46 bits per heavy atom. The number of amides is 3. The molecule has 1 saturated heterocycles. The second-order valence-electron chi connectivity index (χ2n) is 6.85. The number of carbonyl (C=O) groups is 4. The van der Waals surface area contributed by atoms with Gasteiger partial charge in [0.15, 0.2) is 0 Å². The van der Waals surface area contributed by atoms with Crippen LogP contribution in [-0.4, -0.2) is 34.1 Å². The molecule has 0 aliphatic carbocycles. The molecule has 142 valence electrons. The van der Waals surface area contributed by atoms with Crippen molar-refractivity contribution in [3.63, 3.8) is 0 Å². The minimum absolute atomic E-state index is 0.0301. The Balaban J connectivity index is 1.66. The fraction of sp³-hybridized carbons (Fsp3) is 0.238. The highest BCUT2D eigenvalue weighted by Crippen LogP contribution is 2.35. The van der Waals surface area contributed by atoms with Crippen LogP contribution in [0, 0.1) is 0 Å². The second-order valence-corrected chi connectivity index (χ2v) is 6.85. The van der Waals surface area contributed by atoms with Crippen molar-refractivity contribution in [2.45, 2.75) is 31.5 Å². The monoisotopic (exact) mass is 378 g/mol. The van der Waals surface area contributed by atoms with Crippen molar-refractivity contribution >= 4 is 23.7 Å². The molecular weight excluding hydrogens is 360 g/mol. The van der Waals surface area contributed by atoms with E-state index >= 15 is 0 Å². The van der Waals surface area contributed by atoms with Gasteiger partial charge in [0.1, 0.15) is 6.61 Å². The average Bonchev–Trinajstić information content (AvgIpc) is 3.04. The Labute approximate surface area is 161 Å². The average molecular weight is 378 g/mol. The van der Waals surface area contributed by atoms with Gasteiger partial charge >= 0.3 is 5.97 Å². The normalized spacial score (nSPS) is 21.3. The van der Waals surface area contributed by atoms with Crippen LogP contribution in [0.15, 0.2) is 54.6 Å². The van der Waals surface area contributed by atoms with Gasteiger partial charge in [0, 0.05) is 18.5 Å². The SMILES string of the molecule is O=C1CC[C@@](C(=O)OCc2ccccc2)(N2Cc3ccccc3C2=O)C(=O)N1. The minimum Gasteiger partial charge on any atom is -0.459 e. The van der Waals surface area contributed by atoms with Crippen molar-refractivity contribution < 1.29 is 23.9 Å². The number of fused-ring (bicyclic) bond motifs is 1. The van der Waals surface area contributed by atoms with Gasteiger partial charge < -0.3 is 9.64 Å². The fourth-order valence-electron chi connectivity index (χ4n) is 3.67.